The van der Waals surface area contributed by atoms with E-state index in [-0.39, 0.29) is 23.4 Å². The zero-order valence-electron chi connectivity index (χ0n) is 12.4. The van der Waals surface area contributed by atoms with Gasteiger partial charge in [0.05, 0.1) is 16.7 Å². The summed E-state index contributed by atoms with van der Waals surface area (Å²) in [6.45, 7) is 1.93. The van der Waals surface area contributed by atoms with Gasteiger partial charge in [-0.25, -0.2) is 0 Å². The van der Waals surface area contributed by atoms with Crippen LogP contribution in [0.4, 0.5) is 5.69 Å². The van der Waals surface area contributed by atoms with Crippen LogP contribution in [0.15, 0.2) is 57.9 Å². The Morgan fingerprint density at radius 1 is 1.22 bits per heavy atom. The Hall–Kier alpha value is -1.86. The van der Waals surface area contributed by atoms with Crippen molar-refractivity contribution < 1.29 is 9.72 Å². The van der Waals surface area contributed by atoms with Crippen LogP contribution >= 0.6 is 27.7 Å². The molecular weight excluding hydrogens is 380 g/mol. The molecule has 1 amide bonds. The molecule has 1 N–H and O–H groups in total. The molecule has 120 valence electrons. The highest BCUT2D eigenvalue weighted by Gasteiger charge is 2.10. The number of halogens is 1. The van der Waals surface area contributed by atoms with Gasteiger partial charge < -0.3 is 5.32 Å². The SMILES string of the molecule is C[C@H](NC(=O)CSc1ccc([N+](=O)[O-])cc1)c1ccc(Br)cc1. The smallest absolute Gasteiger partial charge is 0.269 e. The molecule has 2 aromatic carbocycles. The van der Waals surface area contributed by atoms with Crippen molar-refractivity contribution in [1.82, 2.24) is 5.32 Å². The Morgan fingerprint density at radius 3 is 2.39 bits per heavy atom. The fourth-order valence-corrected chi connectivity index (χ4v) is 2.90. The van der Waals surface area contributed by atoms with Crippen molar-refractivity contribution in [2.24, 2.45) is 0 Å². The van der Waals surface area contributed by atoms with Gasteiger partial charge in [-0.1, -0.05) is 28.1 Å². The highest BCUT2D eigenvalue weighted by atomic mass is 79.9. The van der Waals surface area contributed by atoms with Gasteiger partial charge in [-0.3, -0.25) is 14.9 Å². The number of nitro groups is 1. The Labute approximate surface area is 146 Å². The molecule has 5 nitrogen and oxygen atoms in total. The van der Waals surface area contributed by atoms with Gasteiger partial charge in [0.25, 0.3) is 5.69 Å². The van der Waals surface area contributed by atoms with E-state index in [1.807, 2.05) is 31.2 Å². The molecule has 7 heteroatoms. The predicted molar refractivity (Wildman–Crippen MR) is 94.5 cm³/mol. The zero-order valence-corrected chi connectivity index (χ0v) is 14.8. The Bertz CT molecular complexity index is 689. The fourth-order valence-electron chi connectivity index (χ4n) is 1.93. The molecule has 0 saturated heterocycles. The number of rotatable bonds is 6. The van der Waals surface area contributed by atoms with E-state index >= 15 is 0 Å². The van der Waals surface area contributed by atoms with Gasteiger partial charge in [-0.2, -0.15) is 0 Å². The molecule has 0 spiro atoms. The van der Waals surface area contributed by atoms with Crippen LogP contribution < -0.4 is 5.32 Å². The minimum Gasteiger partial charge on any atom is -0.349 e. The maximum Gasteiger partial charge on any atom is 0.269 e. The lowest BCUT2D eigenvalue weighted by Gasteiger charge is -2.14. The largest absolute Gasteiger partial charge is 0.349 e. The molecule has 0 aliphatic rings. The van der Waals surface area contributed by atoms with Gasteiger partial charge in [-0.05, 0) is 36.8 Å². The number of non-ortho nitro benzene ring substituents is 1. The van der Waals surface area contributed by atoms with Gasteiger partial charge in [0.1, 0.15) is 0 Å². The number of carbonyl (C=O) groups is 1. The summed E-state index contributed by atoms with van der Waals surface area (Å²) in [7, 11) is 0. The van der Waals surface area contributed by atoms with Crippen molar-refractivity contribution >= 4 is 39.3 Å². The highest BCUT2D eigenvalue weighted by molar-refractivity contribution is 9.10. The van der Waals surface area contributed by atoms with E-state index in [1.165, 1.54) is 23.9 Å². The van der Waals surface area contributed by atoms with Crippen molar-refractivity contribution in [3.05, 3.63) is 68.7 Å². The zero-order chi connectivity index (χ0) is 16.8. The molecule has 0 radical (unpaired) electrons. The minimum atomic E-state index is -0.443. The average molecular weight is 395 g/mol. The molecule has 23 heavy (non-hydrogen) atoms. The van der Waals surface area contributed by atoms with Crippen molar-refractivity contribution in [2.45, 2.75) is 17.9 Å². The lowest BCUT2D eigenvalue weighted by Crippen LogP contribution is -2.28. The van der Waals surface area contributed by atoms with Crippen LogP contribution in [0.2, 0.25) is 0 Å². The summed E-state index contributed by atoms with van der Waals surface area (Å²) in [5.41, 5.74) is 1.07. The maximum absolute atomic E-state index is 12.0. The molecule has 2 aromatic rings. The van der Waals surface area contributed by atoms with Gasteiger partial charge >= 0.3 is 0 Å². The van der Waals surface area contributed by atoms with Crippen molar-refractivity contribution in [2.75, 3.05) is 5.75 Å². The quantitative estimate of drug-likeness (QED) is 0.449. The lowest BCUT2D eigenvalue weighted by molar-refractivity contribution is -0.384. The van der Waals surface area contributed by atoms with Gasteiger partial charge in [0.15, 0.2) is 0 Å². The molecule has 0 heterocycles. The van der Waals surface area contributed by atoms with Gasteiger partial charge in [-0.15, -0.1) is 11.8 Å². The number of amides is 1. The second kappa shape index (κ2) is 8.12. The highest BCUT2D eigenvalue weighted by Crippen LogP contribution is 2.22. The molecule has 2 rings (SSSR count). The number of nitrogens with one attached hydrogen (secondary N) is 1. The number of benzene rings is 2. The van der Waals surface area contributed by atoms with Crippen LogP contribution in [-0.4, -0.2) is 16.6 Å². The number of nitro benzene ring substituents is 1. The normalized spacial score (nSPS) is 11.7. The van der Waals surface area contributed by atoms with Crippen LogP contribution in [0.5, 0.6) is 0 Å². The number of hydrogen-bond donors (Lipinski definition) is 1. The summed E-state index contributed by atoms with van der Waals surface area (Å²) < 4.78 is 0.994. The summed E-state index contributed by atoms with van der Waals surface area (Å²) in [5, 5.41) is 13.5. The van der Waals surface area contributed by atoms with E-state index < -0.39 is 4.92 Å². The predicted octanol–water partition coefficient (Wildman–Crippen LogP) is 4.33. The first kappa shape index (κ1) is 17.5. The minimum absolute atomic E-state index is 0.0441. The van der Waals surface area contributed by atoms with Gasteiger partial charge in [0, 0.05) is 21.5 Å². The third kappa shape index (κ3) is 5.37. The van der Waals surface area contributed by atoms with Crippen LogP contribution in [-0.2, 0) is 4.79 Å². The van der Waals surface area contributed by atoms with Crippen LogP contribution in [0.3, 0.4) is 0 Å². The van der Waals surface area contributed by atoms with Crippen molar-refractivity contribution in [3.63, 3.8) is 0 Å². The molecule has 0 fully saturated rings. The topological polar surface area (TPSA) is 72.2 Å². The molecule has 0 aromatic heterocycles. The Morgan fingerprint density at radius 2 is 1.83 bits per heavy atom. The standard InChI is InChI=1S/C16H15BrN2O3S/c1-11(12-2-4-13(17)5-3-12)18-16(20)10-23-15-8-6-14(7-9-15)19(21)22/h2-9,11H,10H2,1H3,(H,18,20)/t11-/m0/s1. The number of nitrogens with zero attached hydrogens (tertiary/aromatic N) is 1. The molecule has 0 aliphatic heterocycles. The van der Waals surface area contributed by atoms with E-state index in [4.69, 9.17) is 0 Å². The second-order valence-corrected chi connectivity index (χ2v) is 6.84. The summed E-state index contributed by atoms with van der Waals surface area (Å²) in [4.78, 5) is 23.0. The second-order valence-electron chi connectivity index (χ2n) is 4.88. The molecule has 0 bridgehead atoms. The summed E-state index contributed by atoms with van der Waals surface area (Å²) in [6, 6.07) is 13.9. The number of hydrogen-bond acceptors (Lipinski definition) is 4. The maximum atomic E-state index is 12.0. The van der Waals surface area contributed by atoms with Crippen LogP contribution in [0.25, 0.3) is 0 Å². The van der Waals surface area contributed by atoms with Gasteiger partial charge in [0.2, 0.25) is 5.91 Å². The summed E-state index contributed by atoms with van der Waals surface area (Å²) >= 11 is 4.72. The Balaban J connectivity index is 1.84. The van der Waals surface area contributed by atoms with E-state index in [0.29, 0.717) is 0 Å². The van der Waals surface area contributed by atoms with Crippen LogP contribution in [0, 0.1) is 10.1 Å². The number of carbonyl (C=O) groups excluding carboxylic acids is 1. The third-order valence-corrected chi connectivity index (χ3v) is 4.71. The van der Waals surface area contributed by atoms with E-state index in [0.717, 1.165) is 14.9 Å². The van der Waals surface area contributed by atoms with E-state index in [1.54, 1.807) is 12.1 Å². The molecule has 0 aliphatic carbocycles. The first-order valence-corrected chi connectivity index (χ1v) is 8.65. The molecular formula is C16H15BrN2O3S. The number of thioether (sulfide) groups is 1. The molecule has 0 unspecified atom stereocenters. The summed E-state index contributed by atoms with van der Waals surface area (Å²) in [5.74, 6) is 0.183. The Kier molecular flexibility index (Phi) is 6.18. The lowest BCUT2D eigenvalue weighted by atomic mass is 10.1. The molecule has 0 saturated carbocycles. The van der Waals surface area contributed by atoms with Crippen molar-refractivity contribution in [1.29, 1.82) is 0 Å². The van der Waals surface area contributed by atoms with Crippen molar-refractivity contribution in [3.8, 4) is 0 Å². The average Bonchev–Trinajstić information content (AvgIpc) is 2.54. The van der Waals surface area contributed by atoms with E-state index in [9.17, 15) is 14.9 Å². The van der Waals surface area contributed by atoms with Crippen LogP contribution in [0.1, 0.15) is 18.5 Å². The fraction of sp³-hybridized carbons (Fsp3) is 0.188. The van der Waals surface area contributed by atoms with E-state index in [2.05, 4.69) is 21.2 Å². The third-order valence-electron chi connectivity index (χ3n) is 3.16. The first-order chi connectivity index (χ1) is 11.0. The first-order valence-electron chi connectivity index (χ1n) is 6.88. The molecule has 1 atom stereocenters. The monoisotopic (exact) mass is 394 g/mol. The summed E-state index contributed by atoms with van der Waals surface area (Å²) in [6.07, 6.45) is 0.